The number of amidine groups is 1. The molecule has 0 spiro atoms. The van der Waals surface area contributed by atoms with Gasteiger partial charge in [0.25, 0.3) is 0 Å². The van der Waals surface area contributed by atoms with Gasteiger partial charge in [-0.25, -0.2) is 0 Å². The fourth-order valence-electron chi connectivity index (χ4n) is 0.400. The molecule has 2 nitrogen and oxygen atoms in total. The van der Waals surface area contributed by atoms with E-state index in [-0.39, 0.29) is 0 Å². The summed E-state index contributed by atoms with van der Waals surface area (Å²) in [6.07, 6.45) is 0. The Labute approximate surface area is 115 Å². The first-order chi connectivity index (χ1) is 6.00. The molecule has 0 amide bonds. The van der Waals surface area contributed by atoms with Gasteiger partial charge in [-0.15, -0.1) is 0 Å². The summed E-state index contributed by atoms with van der Waals surface area (Å²) in [4.78, 5) is 1.85. The molecule has 0 aromatic carbocycles. The van der Waals surface area contributed by atoms with E-state index in [1.807, 2.05) is 37.7 Å². The van der Waals surface area contributed by atoms with Crippen LogP contribution in [0.15, 0.2) is 0 Å². The van der Waals surface area contributed by atoms with E-state index in [1.54, 1.807) is 0 Å². The average molecular weight is 470 g/mol. The zero-order chi connectivity index (χ0) is 13.1. The van der Waals surface area contributed by atoms with E-state index in [9.17, 15) is 0 Å². The number of rotatable bonds is 0. The van der Waals surface area contributed by atoms with Crippen LogP contribution in [0.3, 0.4) is 0 Å². The summed E-state index contributed by atoms with van der Waals surface area (Å²) in [6, 6.07) is 0. The van der Waals surface area contributed by atoms with Crippen LogP contribution in [0.5, 0.6) is 0 Å². The van der Waals surface area contributed by atoms with Crippen LogP contribution >= 0.6 is 64.6 Å². The number of hydrogen-bond acceptors (Lipinski definition) is 0. The van der Waals surface area contributed by atoms with Gasteiger partial charge in [0.1, 0.15) is 0 Å². The molecule has 0 heterocycles. The van der Waals surface area contributed by atoms with Crippen LogP contribution in [0.25, 0.3) is 0 Å². The van der Waals surface area contributed by atoms with Crippen molar-refractivity contribution in [2.45, 2.75) is 0 Å². The van der Waals surface area contributed by atoms with E-state index in [0.717, 1.165) is 5.29 Å². The second kappa shape index (κ2) is 5.53. The molecule has 0 fully saturated rings. The van der Waals surface area contributed by atoms with E-state index in [4.69, 9.17) is 64.6 Å². The molecule has 0 saturated heterocycles. The summed E-state index contributed by atoms with van der Waals surface area (Å²) in [6.45, 7) is 0. The Morgan fingerprint density at radius 1 is 0.933 bits per heavy atom. The molecule has 96 valence electrons. The van der Waals surface area contributed by atoms with Crippen molar-refractivity contribution in [3.05, 3.63) is 0 Å². The summed E-state index contributed by atoms with van der Waals surface area (Å²) in [7, 11) is 32.6. The van der Waals surface area contributed by atoms with Crippen molar-refractivity contribution in [3.8, 4) is 0 Å². The predicted octanol–water partition coefficient (Wildman–Crippen LogP) is 4.17. The maximum absolute atomic E-state index is 5.72. The molecule has 0 aliphatic heterocycles. The first kappa shape index (κ1) is 19.7. The van der Waals surface area contributed by atoms with Crippen LogP contribution in [0.4, 0.5) is 0 Å². The molecule has 0 saturated carbocycles. The van der Waals surface area contributed by atoms with Gasteiger partial charge in [-0.2, -0.15) is 0 Å². The zero-order valence-corrected chi connectivity index (χ0v) is 16.3. The summed E-state index contributed by atoms with van der Waals surface area (Å²) >= 11 is 5.72. The standard InChI is InChI=1S/C5H12ClN2.6ClH.Sb/c1-7(2)5(6)8(3)4;;;;;;;/h1-4H3;6*1H;/q+1;;;;;;;+5/p-6. The molecule has 0 radical (unpaired) electrons. The molecule has 0 unspecified atom stereocenters. The molecule has 0 N–H and O–H groups in total. The van der Waals surface area contributed by atoms with Gasteiger partial charge in [-0.3, -0.25) is 9.48 Å². The van der Waals surface area contributed by atoms with Crippen molar-refractivity contribution in [1.82, 2.24) is 4.90 Å². The maximum atomic E-state index is 5.72. The Morgan fingerprint density at radius 3 is 1.13 bits per heavy atom. The van der Waals surface area contributed by atoms with Gasteiger partial charge in [-0.05, 0) is 0 Å². The summed E-state index contributed by atoms with van der Waals surface area (Å²) < 4.78 is 1.85. The third-order valence-electron chi connectivity index (χ3n) is 0.738. The van der Waals surface area contributed by atoms with Crippen LogP contribution in [0, 0.1) is 0 Å². The van der Waals surface area contributed by atoms with Crippen LogP contribution < -0.4 is 0 Å². The Hall–Kier alpha value is 2.32. The second-order valence-electron chi connectivity index (χ2n) is 3.02. The van der Waals surface area contributed by atoms with Gasteiger partial charge >= 0.3 is 67.4 Å². The fraction of sp³-hybridized carbons (Fsp3) is 0.800. The fourth-order valence-corrected chi connectivity index (χ4v) is 0.400. The summed E-state index contributed by atoms with van der Waals surface area (Å²) in [5, 5.41) is 0.741. The van der Waals surface area contributed by atoms with Crippen LogP contribution in [0.1, 0.15) is 0 Å². The van der Waals surface area contributed by atoms with Gasteiger partial charge in [0.2, 0.25) is 0 Å². The number of halogens is 7. The topological polar surface area (TPSA) is 6.25 Å². The predicted molar refractivity (Wildman–Crippen MR) is 77.5 cm³/mol. The van der Waals surface area contributed by atoms with Crippen molar-refractivity contribution in [1.29, 1.82) is 0 Å². The van der Waals surface area contributed by atoms with E-state index in [2.05, 4.69) is 0 Å². The second-order valence-corrected chi connectivity index (χ2v) is 60.3. The summed E-state index contributed by atoms with van der Waals surface area (Å²) in [5.41, 5.74) is 0. The Bertz CT molecular complexity index is 235. The van der Waals surface area contributed by atoms with E-state index in [0.29, 0.717) is 0 Å². The molecule has 0 aromatic heterocycles. The average Bonchev–Trinajstić information content (AvgIpc) is 1.77. The minimum atomic E-state index is -5.42. The van der Waals surface area contributed by atoms with E-state index in [1.165, 1.54) is 0 Å². The third kappa shape index (κ3) is 31.4. The Balaban J connectivity index is 0. The van der Waals surface area contributed by atoms with Crippen molar-refractivity contribution in [2.24, 2.45) is 0 Å². The van der Waals surface area contributed by atoms with Gasteiger partial charge in [0.15, 0.2) is 0 Å². The molecule has 0 aromatic rings. The van der Waals surface area contributed by atoms with Gasteiger partial charge in [-0.1, -0.05) is 0 Å². The molecule has 0 aliphatic rings. The Kier molecular flexibility index (Phi) is 7.24. The summed E-state index contributed by atoms with van der Waals surface area (Å²) in [5.74, 6) is 0. The molecule has 0 bridgehead atoms. The van der Waals surface area contributed by atoms with E-state index < -0.39 is 9.14 Å². The molecule has 0 atom stereocenters. The molecule has 0 rings (SSSR count). The van der Waals surface area contributed by atoms with Gasteiger partial charge in [0.05, 0.1) is 28.2 Å². The first-order valence-corrected chi connectivity index (χ1v) is 23.2. The molecule has 10 heteroatoms. The zero-order valence-electron chi connectivity index (χ0n) is 8.49. The van der Waals surface area contributed by atoms with Crippen LogP contribution in [-0.2, 0) is 0 Å². The molecule has 15 heavy (non-hydrogen) atoms. The molecular formula is C5H12Cl7N2Sb. The molecular weight excluding hydrogens is 458 g/mol. The number of hydrogen-bond donors (Lipinski definition) is 0. The quantitative estimate of drug-likeness (QED) is 0.170. The number of nitrogens with zero attached hydrogens (tertiary/aromatic N) is 2. The van der Waals surface area contributed by atoms with E-state index >= 15 is 0 Å². The van der Waals surface area contributed by atoms with Crippen molar-refractivity contribution < 1.29 is 4.58 Å². The van der Waals surface area contributed by atoms with Crippen molar-refractivity contribution in [3.63, 3.8) is 0 Å². The van der Waals surface area contributed by atoms with Gasteiger partial charge < -0.3 is 0 Å². The Morgan fingerprint density at radius 2 is 1.13 bits per heavy atom. The van der Waals surface area contributed by atoms with Crippen molar-refractivity contribution in [2.75, 3.05) is 28.2 Å². The van der Waals surface area contributed by atoms with Crippen molar-refractivity contribution >= 4 is 79.0 Å². The molecule has 0 aliphatic carbocycles. The SMILES string of the molecule is CN(C)C(Cl)=[N+](C)C.[Cl][Sb-]([Cl])([Cl])([Cl])([Cl])[Cl]. The van der Waals surface area contributed by atoms with Crippen LogP contribution in [0.2, 0.25) is 0 Å². The minimum absolute atomic E-state index is 0.741. The van der Waals surface area contributed by atoms with Gasteiger partial charge in [0, 0.05) is 11.6 Å². The first-order valence-electron chi connectivity index (χ1n) is 3.44. The third-order valence-corrected chi connectivity index (χ3v) is 1.41. The monoisotopic (exact) mass is 466 g/mol. The normalized spacial score (nSPS) is 15.4. The van der Waals surface area contributed by atoms with Crippen LogP contribution in [-0.4, -0.2) is 52.1 Å².